The molecule has 0 fully saturated rings. The molecular weight excluding hydrogens is 359 g/mol. The van der Waals surface area contributed by atoms with E-state index in [9.17, 15) is 31.2 Å². The average Bonchev–Trinajstić information content (AvgIpc) is 2.35. The third kappa shape index (κ3) is 6.91. The molecule has 128 valence electrons. The average molecular weight is 371 g/mol. The number of hydrogen-bond donors (Lipinski definition) is 2. The standard InChI is InChI=1S/C12H12F3NO5S2/c1-23(20,21)9-3-7(11(18)19)2-8(4-9)16-10(17)5-22-6-12(13,14)15/h2-4H,5-6H2,1H3,(H,16,17)(H,18,19). The van der Waals surface area contributed by atoms with Gasteiger partial charge in [-0.15, -0.1) is 11.8 Å². The van der Waals surface area contributed by atoms with Gasteiger partial charge in [-0.25, -0.2) is 13.2 Å². The van der Waals surface area contributed by atoms with Gasteiger partial charge in [0.05, 0.1) is 22.0 Å². The lowest BCUT2D eigenvalue weighted by molar-refractivity contribution is -0.113. The van der Waals surface area contributed by atoms with Crippen molar-refractivity contribution in [1.29, 1.82) is 0 Å². The van der Waals surface area contributed by atoms with Gasteiger partial charge in [0.25, 0.3) is 0 Å². The fourth-order valence-corrected chi connectivity index (χ4v) is 2.74. The number of thioether (sulfide) groups is 1. The van der Waals surface area contributed by atoms with Crippen LogP contribution in [0.2, 0.25) is 0 Å². The molecule has 11 heteroatoms. The van der Waals surface area contributed by atoms with E-state index < -0.39 is 39.4 Å². The van der Waals surface area contributed by atoms with Gasteiger partial charge in [0.1, 0.15) is 0 Å². The van der Waals surface area contributed by atoms with Crippen LogP contribution in [0.1, 0.15) is 10.4 Å². The molecule has 0 aromatic heterocycles. The largest absolute Gasteiger partial charge is 0.478 e. The Morgan fingerprint density at radius 1 is 1.26 bits per heavy atom. The fourth-order valence-electron chi connectivity index (χ4n) is 1.47. The number of aromatic carboxylic acids is 1. The zero-order valence-corrected chi connectivity index (χ0v) is 13.3. The Labute approximate surface area is 134 Å². The van der Waals surface area contributed by atoms with Crippen LogP contribution in [0, 0.1) is 0 Å². The fraction of sp³-hybridized carbons (Fsp3) is 0.333. The van der Waals surface area contributed by atoms with Crippen LogP contribution in [0.4, 0.5) is 18.9 Å². The van der Waals surface area contributed by atoms with Crippen molar-refractivity contribution in [2.45, 2.75) is 11.1 Å². The van der Waals surface area contributed by atoms with Crippen LogP contribution in [0.5, 0.6) is 0 Å². The minimum Gasteiger partial charge on any atom is -0.478 e. The Balaban J connectivity index is 2.89. The van der Waals surface area contributed by atoms with E-state index in [1.54, 1.807) is 0 Å². The molecule has 0 heterocycles. The van der Waals surface area contributed by atoms with Crippen molar-refractivity contribution in [2.24, 2.45) is 0 Å². The molecular formula is C12H12F3NO5S2. The van der Waals surface area contributed by atoms with E-state index >= 15 is 0 Å². The van der Waals surface area contributed by atoms with Crippen LogP contribution in [-0.2, 0) is 14.6 Å². The highest BCUT2D eigenvalue weighted by molar-refractivity contribution is 8.00. The molecule has 1 aromatic rings. The quantitative estimate of drug-likeness (QED) is 0.794. The first-order valence-electron chi connectivity index (χ1n) is 5.91. The molecule has 0 saturated carbocycles. The van der Waals surface area contributed by atoms with Crippen molar-refractivity contribution in [2.75, 3.05) is 23.1 Å². The van der Waals surface area contributed by atoms with Crippen molar-refractivity contribution in [3.05, 3.63) is 23.8 Å². The number of sulfone groups is 1. The normalized spacial score (nSPS) is 12.0. The Hall–Kier alpha value is -1.75. The summed E-state index contributed by atoms with van der Waals surface area (Å²) in [5.74, 6) is -3.92. The van der Waals surface area contributed by atoms with E-state index in [1.165, 1.54) is 0 Å². The van der Waals surface area contributed by atoms with Gasteiger partial charge in [-0.3, -0.25) is 4.79 Å². The summed E-state index contributed by atoms with van der Waals surface area (Å²) >= 11 is 0.336. The van der Waals surface area contributed by atoms with E-state index in [1.807, 2.05) is 0 Å². The summed E-state index contributed by atoms with van der Waals surface area (Å²) in [6, 6.07) is 2.98. The first-order valence-corrected chi connectivity index (χ1v) is 8.96. The molecule has 1 aromatic carbocycles. The molecule has 0 bridgehead atoms. The lowest BCUT2D eigenvalue weighted by Gasteiger charge is -2.09. The number of carboxylic acid groups (broad SMARTS) is 1. The smallest absolute Gasteiger partial charge is 0.397 e. The topological polar surface area (TPSA) is 101 Å². The number of carbonyl (C=O) groups is 2. The third-order valence-electron chi connectivity index (χ3n) is 2.36. The molecule has 0 radical (unpaired) electrons. The summed E-state index contributed by atoms with van der Waals surface area (Å²) in [6.45, 7) is 0. The molecule has 0 aliphatic heterocycles. The van der Waals surface area contributed by atoms with E-state index in [2.05, 4.69) is 5.32 Å². The second-order valence-corrected chi connectivity index (χ2v) is 7.48. The van der Waals surface area contributed by atoms with Crippen molar-refractivity contribution in [3.63, 3.8) is 0 Å². The van der Waals surface area contributed by atoms with Crippen LogP contribution in [-0.4, -0.2) is 49.3 Å². The van der Waals surface area contributed by atoms with E-state index in [4.69, 9.17) is 5.11 Å². The van der Waals surface area contributed by atoms with Crippen molar-refractivity contribution < 1.29 is 36.3 Å². The molecule has 0 saturated heterocycles. The highest BCUT2D eigenvalue weighted by Gasteiger charge is 2.27. The Morgan fingerprint density at radius 3 is 2.35 bits per heavy atom. The summed E-state index contributed by atoms with van der Waals surface area (Å²) in [5.41, 5.74) is -0.492. The van der Waals surface area contributed by atoms with Gasteiger partial charge in [0, 0.05) is 11.9 Å². The summed E-state index contributed by atoms with van der Waals surface area (Å²) in [7, 11) is -3.72. The van der Waals surface area contributed by atoms with E-state index in [0.29, 0.717) is 11.8 Å². The SMILES string of the molecule is CS(=O)(=O)c1cc(NC(=O)CSCC(F)(F)F)cc(C(=O)O)c1. The highest BCUT2D eigenvalue weighted by Crippen LogP contribution is 2.22. The number of amides is 1. The van der Waals surface area contributed by atoms with Gasteiger partial charge in [0.15, 0.2) is 9.84 Å². The number of nitrogens with one attached hydrogen (secondary N) is 1. The Bertz CT molecular complexity index is 716. The molecule has 1 amide bonds. The first-order chi connectivity index (χ1) is 10.4. The van der Waals surface area contributed by atoms with Gasteiger partial charge in [-0.05, 0) is 18.2 Å². The summed E-state index contributed by atoms with van der Waals surface area (Å²) < 4.78 is 58.9. The van der Waals surface area contributed by atoms with E-state index in [0.717, 1.165) is 24.5 Å². The van der Waals surface area contributed by atoms with Crippen LogP contribution < -0.4 is 5.32 Å². The molecule has 0 aliphatic carbocycles. The number of alkyl halides is 3. The van der Waals surface area contributed by atoms with Gasteiger partial charge >= 0.3 is 12.1 Å². The maximum Gasteiger partial charge on any atom is 0.397 e. The van der Waals surface area contributed by atoms with Crippen LogP contribution in [0.15, 0.2) is 23.1 Å². The maximum absolute atomic E-state index is 12.0. The monoisotopic (exact) mass is 371 g/mol. The summed E-state index contributed by atoms with van der Waals surface area (Å²) in [5, 5.41) is 11.1. The Morgan fingerprint density at radius 2 is 1.87 bits per heavy atom. The number of hydrogen-bond acceptors (Lipinski definition) is 5. The second-order valence-electron chi connectivity index (χ2n) is 4.48. The number of carbonyl (C=O) groups excluding carboxylic acids is 1. The van der Waals surface area contributed by atoms with Gasteiger partial charge in [-0.2, -0.15) is 13.2 Å². The number of benzene rings is 1. The third-order valence-corrected chi connectivity index (χ3v) is 4.45. The van der Waals surface area contributed by atoms with Crippen molar-refractivity contribution >= 4 is 39.2 Å². The lowest BCUT2D eigenvalue weighted by atomic mass is 10.2. The van der Waals surface area contributed by atoms with Crippen molar-refractivity contribution in [1.82, 2.24) is 0 Å². The second kappa shape index (κ2) is 7.21. The number of rotatable bonds is 6. The number of halogens is 3. The molecule has 0 unspecified atom stereocenters. The minimum atomic E-state index is -4.41. The van der Waals surface area contributed by atoms with E-state index in [-0.39, 0.29) is 16.1 Å². The molecule has 23 heavy (non-hydrogen) atoms. The van der Waals surface area contributed by atoms with Gasteiger partial charge in [0.2, 0.25) is 5.91 Å². The predicted octanol–water partition coefficient (Wildman–Crippen LogP) is 2.02. The van der Waals surface area contributed by atoms with Crippen molar-refractivity contribution in [3.8, 4) is 0 Å². The highest BCUT2D eigenvalue weighted by atomic mass is 32.2. The number of anilines is 1. The molecule has 6 nitrogen and oxygen atoms in total. The zero-order valence-electron chi connectivity index (χ0n) is 11.7. The molecule has 0 spiro atoms. The molecule has 2 N–H and O–H groups in total. The number of carboxylic acids is 1. The van der Waals surface area contributed by atoms with Crippen LogP contribution in [0.3, 0.4) is 0 Å². The first kappa shape index (κ1) is 19.3. The molecule has 0 atom stereocenters. The lowest BCUT2D eigenvalue weighted by Crippen LogP contribution is -2.18. The minimum absolute atomic E-state index is 0.122. The molecule has 1 rings (SSSR count). The summed E-state index contributed by atoms with van der Waals surface area (Å²) in [4.78, 5) is 22.2. The van der Waals surface area contributed by atoms with Gasteiger partial charge < -0.3 is 10.4 Å². The molecule has 0 aliphatic rings. The predicted molar refractivity (Wildman–Crippen MR) is 78.5 cm³/mol. The van der Waals surface area contributed by atoms with Gasteiger partial charge in [-0.1, -0.05) is 0 Å². The summed E-state index contributed by atoms with van der Waals surface area (Å²) in [6.07, 6.45) is -3.55. The van der Waals surface area contributed by atoms with Crippen LogP contribution in [0.25, 0.3) is 0 Å². The zero-order chi connectivity index (χ0) is 17.8. The maximum atomic E-state index is 12.0. The Kier molecular flexibility index (Phi) is 6.05. The van der Waals surface area contributed by atoms with Crippen LogP contribution >= 0.6 is 11.8 Å².